The van der Waals surface area contributed by atoms with Crippen LogP contribution in [0.2, 0.25) is 0 Å². The molecule has 1 heterocycles. The lowest BCUT2D eigenvalue weighted by Crippen LogP contribution is -2.27. The summed E-state index contributed by atoms with van der Waals surface area (Å²) in [7, 11) is -3.75. The van der Waals surface area contributed by atoms with Gasteiger partial charge in [-0.1, -0.05) is 54.2 Å². The van der Waals surface area contributed by atoms with Gasteiger partial charge in [0.25, 0.3) is 0 Å². The van der Waals surface area contributed by atoms with E-state index >= 15 is 0 Å². The second-order valence-corrected chi connectivity index (χ2v) is 9.38. The van der Waals surface area contributed by atoms with Crippen molar-refractivity contribution in [3.8, 4) is 0 Å². The topological polar surface area (TPSA) is 115 Å². The number of nitrogens with two attached hydrogens (primary N) is 1. The smallest absolute Gasteiger partial charge is 0.238 e. The minimum Gasteiger partial charge on any atom is -0.351 e. The molecule has 7 nitrogen and oxygen atoms in total. The van der Waals surface area contributed by atoms with Crippen LogP contribution in [-0.4, -0.2) is 24.3 Å². The molecule has 0 spiro atoms. The highest BCUT2D eigenvalue weighted by molar-refractivity contribution is 8.00. The van der Waals surface area contributed by atoms with Gasteiger partial charge in [0.1, 0.15) is 5.25 Å². The third-order valence-corrected chi connectivity index (χ3v) is 6.29. The molecule has 1 aromatic heterocycles. The first-order chi connectivity index (χ1) is 14.2. The largest absolute Gasteiger partial charge is 0.351 e. The van der Waals surface area contributed by atoms with Crippen molar-refractivity contribution >= 4 is 27.7 Å². The molecule has 3 rings (SSSR count). The van der Waals surface area contributed by atoms with E-state index in [1.807, 2.05) is 50.2 Å². The first-order valence-corrected chi connectivity index (χ1v) is 11.6. The first-order valence-electron chi connectivity index (χ1n) is 9.16. The Morgan fingerprint density at radius 2 is 1.63 bits per heavy atom. The number of primary sulfonamides is 1. The van der Waals surface area contributed by atoms with Crippen molar-refractivity contribution in [2.75, 3.05) is 0 Å². The first kappa shape index (κ1) is 21.9. The summed E-state index contributed by atoms with van der Waals surface area (Å²) < 4.78 is 22.7. The molecular formula is C21H22N4O3S2. The molecule has 1 atom stereocenters. The van der Waals surface area contributed by atoms with E-state index in [2.05, 4.69) is 15.3 Å². The molecule has 3 aromatic rings. The summed E-state index contributed by atoms with van der Waals surface area (Å²) in [6, 6.07) is 17.4. The zero-order valence-electron chi connectivity index (χ0n) is 16.6. The number of nitrogens with zero attached hydrogens (tertiary/aromatic N) is 2. The zero-order valence-corrected chi connectivity index (χ0v) is 18.2. The fourth-order valence-corrected chi connectivity index (χ4v) is 4.43. The molecule has 0 unspecified atom stereocenters. The summed E-state index contributed by atoms with van der Waals surface area (Å²) in [5, 5.41) is 8.03. The van der Waals surface area contributed by atoms with E-state index in [0.717, 1.165) is 22.5 Å². The maximum Gasteiger partial charge on any atom is 0.238 e. The predicted molar refractivity (Wildman–Crippen MR) is 116 cm³/mol. The van der Waals surface area contributed by atoms with E-state index in [1.54, 1.807) is 12.1 Å². The summed E-state index contributed by atoms with van der Waals surface area (Å²) in [6.07, 6.45) is 0. The van der Waals surface area contributed by atoms with E-state index in [4.69, 9.17) is 5.14 Å². The van der Waals surface area contributed by atoms with Gasteiger partial charge in [-0.3, -0.25) is 4.79 Å². The molecule has 30 heavy (non-hydrogen) atoms. The van der Waals surface area contributed by atoms with Crippen LogP contribution in [0.15, 0.2) is 70.7 Å². The van der Waals surface area contributed by atoms with Crippen molar-refractivity contribution in [3.05, 3.63) is 83.2 Å². The Bertz CT molecular complexity index is 1110. The SMILES string of the molecule is Cc1cc(C)nc(S[C@H](C(=O)NCc2ccc(S(N)(=O)=O)cc2)c2ccccc2)n1. The van der Waals surface area contributed by atoms with Gasteiger partial charge in [-0.15, -0.1) is 0 Å². The lowest BCUT2D eigenvalue weighted by molar-refractivity contribution is -0.120. The Hall–Kier alpha value is -2.75. The number of benzene rings is 2. The second kappa shape index (κ2) is 9.38. The number of aromatic nitrogens is 2. The lowest BCUT2D eigenvalue weighted by atomic mass is 10.1. The van der Waals surface area contributed by atoms with Crippen molar-refractivity contribution in [2.45, 2.75) is 35.7 Å². The average Bonchev–Trinajstić information content (AvgIpc) is 2.70. The Balaban J connectivity index is 1.77. The van der Waals surface area contributed by atoms with Crippen LogP contribution in [0.1, 0.15) is 27.8 Å². The quantitative estimate of drug-likeness (QED) is 0.429. The maximum atomic E-state index is 13.0. The second-order valence-electron chi connectivity index (χ2n) is 6.75. The van der Waals surface area contributed by atoms with Crippen molar-refractivity contribution in [2.24, 2.45) is 5.14 Å². The molecule has 9 heteroatoms. The van der Waals surface area contributed by atoms with Gasteiger partial charge < -0.3 is 5.32 Å². The van der Waals surface area contributed by atoms with Crippen LogP contribution in [0.5, 0.6) is 0 Å². The van der Waals surface area contributed by atoms with E-state index in [0.29, 0.717) is 5.16 Å². The summed E-state index contributed by atoms with van der Waals surface area (Å²) >= 11 is 1.29. The Morgan fingerprint density at radius 3 is 2.20 bits per heavy atom. The number of carbonyl (C=O) groups is 1. The van der Waals surface area contributed by atoms with Crippen molar-refractivity contribution in [3.63, 3.8) is 0 Å². The number of carbonyl (C=O) groups excluding carboxylic acids is 1. The van der Waals surface area contributed by atoms with Crippen LogP contribution in [0.3, 0.4) is 0 Å². The van der Waals surface area contributed by atoms with Gasteiger partial charge >= 0.3 is 0 Å². The number of aryl methyl sites for hydroxylation is 2. The zero-order chi connectivity index (χ0) is 21.7. The van der Waals surface area contributed by atoms with Gasteiger partial charge in [-0.05, 0) is 43.2 Å². The number of hydrogen-bond acceptors (Lipinski definition) is 6. The normalized spacial score (nSPS) is 12.4. The van der Waals surface area contributed by atoms with Crippen LogP contribution < -0.4 is 10.5 Å². The molecule has 0 radical (unpaired) electrons. The monoisotopic (exact) mass is 442 g/mol. The molecule has 3 N–H and O–H groups in total. The standard InChI is InChI=1S/C21H22N4O3S2/c1-14-12-15(2)25-21(24-14)29-19(17-6-4-3-5-7-17)20(26)23-13-16-8-10-18(11-9-16)30(22,27)28/h3-12,19H,13H2,1-2H3,(H,23,26)(H2,22,27,28)/t19-/m0/s1. The summed E-state index contributed by atoms with van der Waals surface area (Å²) in [5.74, 6) is -0.190. The van der Waals surface area contributed by atoms with Gasteiger partial charge in [0.15, 0.2) is 5.16 Å². The van der Waals surface area contributed by atoms with Gasteiger partial charge in [-0.25, -0.2) is 23.5 Å². The minimum absolute atomic E-state index is 0.0299. The van der Waals surface area contributed by atoms with Crippen LogP contribution in [0.4, 0.5) is 0 Å². The van der Waals surface area contributed by atoms with E-state index < -0.39 is 15.3 Å². The molecule has 0 aliphatic carbocycles. The number of nitrogens with one attached hydrogen (secondary N) is 1. The highest BCUT2D eigenvalue weighted by Gasteiger charge is 2.23. The fourth-order valence-electron chi connectivity index (χ4n) is 2.83. The summed E-state index contributed by atoms with van der Waals surface area (Å²) in [4.78, 5) is 21.9. The van der Waals surface area contributed by atoms with Crippen LogP contribution in [-0.2, 0) is 21.4 Å². The molecule has 0 bridgehead atoms. The lowest BCUT2D eigenvalue weighted by Gasteiger charge is -2.17. The van der Waals surface area contributed by atoms with Crippen molar-refractivity contribution in [1.82, 2.24) is 15.3 Å². The molecule has 0 fully saturated rings. The molecular weight excluding hydrogens is 420 g/mol. The van der Waals surface area contributed by atoms with Gasteiger partial charge in [0.2, 0.25) is 15.9 Å². The number of rotatable bonds is 7. The number of sulfonamides is 1. The van der Waals surface area contributed by atoms with Crippen LogP contribution >= 0.6 is 11.8 Å². The minimum atomic E-state index is -3.75. The van der Waals surface area contributed by atoms with E-state index in [9.17, 15) is 13.2 Å². The van der Waals surface area contributed by atoms with E-state index in [1.165, 1.54) is 23.9 Å². The molecule has 0 aliphatic heterocycles. The van der Waals surface area contributed by atoms with Gasteiger partial charge in [0.05, 0.1) is 4.90 Å². The number of hydrogen-bond donors (Lipinski definition) is 2. The highest BCUT2D eigenvalue weighted by atomic mass is 32.2. The molecule has 2 aromatic carbocycles. The summed E-state index contributed by atoms with van der Waals surface area (Å²) in [5.41, 5.74) is 3.28. The third kappa shape index (κ3) is 5.88. The number of thioether (sulfide) groups is 1. The summed E-state index contributed by atoms with van der Waals surface area (Å²) in [6.45, 7) is 4.03. The van der Waals surface area contributed by atoms with Gasteiger partial charge in [-0.2, -0.15) is 0 Å². The third-order valence-electron chi connectivity index (χ3n) is 4.24. The Morgan fingerprint density at radius 1 is 1.03 bits per heavy atom. The molecule has 0 saturated heterocycles. The van der Waals surface area contributed by atoms with Crippen molar-refractivity contribution < 1.29 is 13.2 Å². The highest BCUT2D eigenvalue weighted by Crippen LogP contribution is 2.33. The van der Waals surface area contributed by atoms with E-state index in [-0.39, 0.29) is 17.3 Å². The van der Waals surface area contributed by atoms with Crippen LogP contribution in [0.25, 0.3) is 0 Å². The number of amides is 1. The van der Waals surface area contributed by atoms with Crippen LogP contribution in [0, 0.1) is 13.8 Å². The van der Waals surface area contributed by atoms with Crippen molar-refractivity contribution in [1.29, 1.82) is 0 Å². The molecule has 0 saturated carbocycles. The molecule has 1 amide bonds. The molecule has 156 valence electrons. The predicted octanol–water partition coefficient (Wildman–Crippen LogP) is 2.89. The maximum absolute atomic E-state index is 13.0. The fraction of sp³-hybridized carbons (Fsp3) is 0.190. The molecule has 0 aliphatic rings. The Labute approximate surface area is 180 Å². The average molecular weight is 443 g/mol. The van der Waals surface area contributed by atoms with Gasteiger partial charge in [0, 0.05) is 17.9 Å². The Kier molecular flexibility index (Phi) is 6.86.